The Morgan fingerprint density at radius 3 is 2.20 bits per heavy atom. The first-order chi connectivity index (χ1) is 9.38. The van der Waals surface area contributed by atoms with Crippen molar-refractivity contribution in [1.29, 1.82) is 0 Å². The molecule has 0 heterocycles. The second kappa shape index (κ2) is 7.28. The van der Waals surface area contributed by atoms with Gasteiger partial charge in [0.2, 0.25) is 0 Å². The van der Waals surface area contributed by atoms with Crippen LogP contribution in [0, 0.1) is 0 Å². The molecule has 5 nitrogen and oxygen atoms in total. The van der Waals surface area contributed by atoms with E-state index in [2.05, 4.69) is 4.99 Å². The summed E-state index contributed by atoms with van der Waals surface area (Å²) in [5.41, 5.74) is 6.93. The average Bonchev–Trinajstić information content (AvgIpc) is 2.39. The van der Waals surface area contributed by atoms with Crippen molar-refractivity contribution in [1.82, 2.24) is 4.90 Å². The van der Waals surface area contributed by atoms with E-state index in [4.69, 9.17) is 5.73 Å². The molecule has 1 aromatic rings. The van der Waals surface area contributed by atoms with Gasteiger partial charge in [-0.25, -0.2) is 8.42 Å². The van der Waals surface area contributed by atoms with E-state index in [9.17, 15) is 8.42 Å². The minimum Gasteiger partial charge on any atom is -0.370 e. The molecule has 0 atom stereocenters. The highest BCUT2D eigenvalue weighted by atomic mass is 32.2. The van der Waals surface area contributed by atoms with Crippen LogP contribution in [0.5, 0.6) is 0 Å². The van der Waals surface area contributed by atoms with E-state index in [1.165, 1.54) is 6.26 Å². The van der Waals surface area contributed by atoms with E-state index >= 15 is 0 Å². The zero-order valence-electron chi connectivity index (χ0n) is 12.3. The van der Waals surface area contributed by atoms with Crippen LogP contribution in [0.1, 0.15) is 19.4 Å². The number of rotatable bonds is 6. The van der Waals surface area contributed by atoms with Crippen molar-refractivity contribution in [2.45, 2.75) is 25.2 Å². The summed E-state index contributed by atoms with van der Waals surface area (Å²) in [5, 5.41) is 0. The summed E-state index contributed by atoms with van der Waals surface area (Å²) in [4.78, 5) is 6.67. The molecule has 0 fully saturated rings. The van der Waals surface area contributed by atoms with E-state index in [-0.39, 0.29) is 0 Å². The van der Waals surface area contributed by atoms with Gasteiger partial charge in [0.05, 0.1) is 4.90 Å². The number of guanidine groups is 1. The van der Waals surface area contributed by atoms with Gasteiger partial charge in [-0.2, -0.15) is 0 Å². The van der Waals surface area contributed by atoms with E-state index in [0.717, 1.165) is 25.1 Å². The van der Waals surface area contributed by atoms with E-state index < -0.39 is 9.84 Å². The summed E-state index contributed by atoms with van der Waals surface area (Å²) in [6.45, 7) is 6.36. The van der Waals surface area contributed by atoms with E-state index in [1.54, 1.807) is 12.1 Å². The van der Waals surface area contributed by atoms with Crippen LogP contribution in [0.4, 0.5) is 0 Å². The topological polar surface area (TPSA) is 75.8 Å². The summed E-state index contributed by atoms with van der Waals surface area (Å²) >= 11 is 0. The van der Waals surface area contributed by atoms with Crippen LogP contribution in [0.25, 0.3) is 0 Å². The minimum atomic E-state index is -3.13. The lowest BCUT2D eigenvalue weighted by atomic mass is 10.1. The summed E-state index contributed by atoms with van der Waals surface area (Å²) in [6, 6.07) is 6.89. The Labute approximate surface area is 121 Å². The summed E-state index contributed by atoms with van der Waals surface area (Å²) in [7, 11) is -3.13. The number of nitrogens with zero attached hydrogens (tertiary/aromatic N) is 2. The van der Waals surface area contributed by atoms with Crippen molar-refractivity contribution in [2.75, 3.05) is 25.9 Å². The molecule has 112 valence electrons. The van der Waals surface area contributed by atoms with Crippen molar-refractivity contribution in [3.05, 3.63) is 29.8 Å². The molecule has 0 saturated carbocycles. The van der Waals surface area contributed by atoms with Crippen LogP contribution in [0.3, 0.4) is 0 Å². The third-order valence-electron chi connectivity index (χ3n) is 3.11. The Kier molecular flexibility index (Phi) is 6.01. The lowest BCUT2D eigenvalue weighted by molar-refractivity contribution is 0.458. The van der Waals surface area contributed by atoms with Crippen LogP contribution < -0.4 is 5.73 Å². The maximum absolute atomic E-state index is 11.3. The van der Waals surface area contributed by atoms with E-state index in [0.29, 0.717) is 17.4 Å². The monoisotopic (exact) mass is 297 g/mol. The molecule has 0 aliphatic heterocycles. The molecular weight excluding hydrogens is 274 g/mol. The molecule has 1 aromatic carbocycles. The van der Waals surface area contributed by atoms with Gasteiger partial charge in [0.15, 0.2) is 15.8 Å². The van der Waals surface area contributed by atoms with Crippen LogP contribution in [-0.4, -0.2) is 45.2 Å². The van der Waals surface area contributed by atoms with Crippen LogP contribution >= 0.6 is 0 Å². The van der Waals surface area contributed by atoms with Gasteiger partial charge in [0.25, 0.3) is 0 Å². The Bertz CT molecular complexity index is 546. The zero-order chi connectivity index (χ0) is 15.2. The van der Waals surface area contributed by atoms with Crippen molar-refractivity contribution in [2.24, 2.45) is 10.7 Å². The molecule has 0 radical (unpaired) electrons. The smallest absolute Gasteiger partial charge is 0.191 e. The van der Waals surface area contributed by atoms with Gasteiger partial charge in [-0.15, -0.1) is 0 Å². The van der Waals surface area contributed by atoms with Gasteiger partial charge in [-0.3, -0.25) is 4.99 Å². The van der Waals surface area contributed by atoms with Crippen molar-refractivity contribution >= 4 is 15.8 Å². The summed E-state index contributed by atoms with van der Waals surface area (Å²) < 4.78 is 22.7. The first-order valence-corrected chi connectivity index (χ1v) is 8.61. The molecule has 0 aliphatic rings. The Morgan fingerprint density at radius 2 is 1.75 bits per heavy atom. The van der Waals surface area contributed by atoms with Crippen molar-refractivity contribution in [3.8, 4) is 0 Å². The fourth-order valence-corrected chi connectivity index (χ4v) is 2.48. The van der Waals surface area contributed by atoms with Gasteiger partial charge in [0.1, 0.15) is 0 Å². The molecule has 0 spiro atoms. The molecule has 0 amide bonds. The Hall–Kier alpha value is -1.56. The van der Waals surface area contributed by atoms with Crippen molar-refractivity contribution in [3.63, 3.8) is 0 Å². The predicted molar refractivity (Wildman–Crippen MR) is 82.7 cm³/mol. The van der Waals surface area contributed by atoms with Crippen LogP contribution in [-0.2, 0) is 16.3 Å². The molecule has 0 aliphatic carbocycles. The number of hydrogen-bond donors (Lipinski definition) is 1. The molecule has 0 bridgehead atoms. The number of aliphatic imine (C=N–C) groups is 1. The quantitative estimate of drug-likeness (QED) is 0.634. The normalized spacial score (nSPS) is 12.4. The van der Waals surface area contributed by atoms with Gasteiger partial charge >= 0.3 is 0 Å². The first-order valence-electron chi connectivity index (χ1n) is 6.72. The zero-order valence-corrected chi connectivity index (χ0v) is 13.2. The molecule has 6 heteroatoms. The molecule has 0 aromatic heterocycles. The molecule has 1 rings (SSSR count). The lowest BCUT2D eigenvalue weighted by Gasteiger charge is -2.19. The van der Waals surface area contributed by atoms with Crippen molar-refractivity contribution < 1.29 is 8.42 Å². The fourth-order valence-electron chi connectivity index (χ4n) is 1.85. The summed E-state index contributed by atoms with van der Waals surface area (Å²) in [6.07, 6.45) is 1.95. The number of benzene rings is 1. The van der Waals surface area contributed by atoms with Gasteiger partial charge in [0, 0.05) is 25.9 Å². The standard InChI is InChI=1S/C14H23N3O2S/c1-4-17(5-2)14(15)16-11-10-12-6-8-13(9-7-12)20(3,18)19/h6-9H,4-5,10-11H2,1-3H3,(H2,15,16). The third kappa shape index (κ3) is 4.85. The summed E-state index contributed by atoms with van der Waals surface area (Å²) in [5.74, 6) is 0.558. The largest absolute Gasteiger partial charge is 0.370 e. The highest BCUT2D eigenvalue weighted by molar-refractivity contribution is 7.90. The highest BCUT2D eigenvalue weighted by Gasteiger charge is 2.06. The molecular formula is C14H23N3O2S. The van der Waals surface area contributed by atoms with Crippen LogP contribution in [0.15, 0.2) is 34.2 Å². The predicted octanol–water partition coefficient (Wildman–Crippen LogP) is 1.29. The second-order valence-corrected chi connectivity index (χ2v) is 6.59. The maximum Gasteiger partial charge on any atom is 0.191 e. The van der Waals surface area contributed by atoms with Gasteiger partial charge in [-0.05, 0) is 38.0 Å². The third-order valence-corrected chi connectivity index (χ3v) is 4.24. The van der Waals surface area contributed by atoms with E-state index in [1.807, 2.05) is 30.9 Å². The fraction of sp³-hybridized carbons (Fsp3) is 0.500. The maximum atomic E-state index is 11.3. The number of hydrogen-bond acceptors (Lipinski definition) is 3. The van der Waals surface area contributed by atoms with Crippen LogP contribution in [0.2, 0.25) is 0 Å². The molecule has 0 saturated heterocycles. The minimum absolute atomic E-state index is 0.340. The molecule has 0 unspecified atom stereocenters. The first kappa shape index (κ1) is 16.5. The number of nitrogens with two attached hydrogens (primary N) is 1. The Balaban J connectivity index is 2.61. The Morgan fingerprint density at radius 1 is 1.20 bits per heavy atom. The van der Waals surface area contributed by atoms with Gasteiger partial charge in [-0.1, -0.05) is 12.1 Å². The lowest BCUT2D eigenvalue weighted by Crippen LogP contribution is -2.37. The SMILES string of the molecule is CCN(CC)C(N)=NCCc1ccc(S(C)(=O)=O)cc1. The average molecular weight is 297 g/mol. The highest BCUT2D eigenvalue weighted by Crippen LogP contribution is 2.10. The molecule has 20 heavy (non-hydrogen) atoms. The second-order valence-electron chi connectivity index (χ2n) is 4.58. The van der Waals surface area contributed by atoms with Gasteiger partial charge < -0.3 is 10.6 Å². The number of sulfone groups is 1. The molecule has 2 N–H and O–H groups in total.